The Hall–Kier alpha value is -1.85. The lowest BCUT2D eigenvalue weighted by Gasteiger charge is -2.40. The van der Waals surface area contributed by atoms with Gasteiger partial charge in [-0.05, 0) is 47.1 Å². The molecule has 2 rings (SSSR count). The first-order valence-corrected chi connectivity index (χ1v) is 8.60. The van der Waals surface area contributed by atoms with E-state index in [2.05, 4.69) is 24.4 Å². The van der Waals surface area contributed by atoms with Gasteiger partial charge in [-0.3, -0.25) is 0 Å². The van der Waals surface area contributed by atoms with E-state index in [-0.39, 0.29) is 12.1 Å². The molecule has 0 bridgehead atoms. The summed E-state index contributed by atoms with van der Waals surface area (Å²) in [6.45, 7) is 11.6. The molecule has 1 aliphatic rings. The van der Waals surface area contributed by atoms with Gasteiger partial charge in [-0.15, -0.1) is 0 Å². The molecular formula is C20H29NO4. The van der Waals surface area contributed by atoms with Crippen molar-refractivity contribution in [3.8, 4) is 0 Å². The first-order chi connectivity index (χ1) is 11.5. The smallest absolute Gasteiger partial charge is 0.408 e. The van der Waals surface area contributed by atoms with E-state index in [4.69, 9.17) is 14.2 Å². The molecular weight excluding hydrogens is 318 g/mol. The highest BCUT2D eigenvalue weighted by molar-refractivity contribution is 5.68. The van der Waals surface area contributed by atoms with Gasteiger partial charge >= 0.3 is 6.09 Å². The fraction of sp³-hybridized carbons (Fsp3) is 0.550. The normalized spacial score (nSPS) is 23.4. The lowest BCUT2D eigenvalue weighted by molar-refractivity contribution is -0.271. The van der Waals surface area contributed by atoms with Crippen LogP contribution in [0.3, 0.4) is 0 Å². The van der Waals surface area contributed by atoms with E-state index in [0.717, 1.165) is 5.56 Å². The number of carbonyl (C=O) groups excluding carboxylic acids is 1. The van der Waals surface area contributed by atoms with Crippen molar-refractivity contribution in [1.29, 1.82) is 0 Å². The standard InChI is InChI=1S/C20H29NO4/c1-14-7-9-15(10-8-14)11-12-17-16(13-23-20(5,6)24-17)21-18(22)25-19(2,3)4/h7-12,16-17H,13H2,1-6H3,(H,21,22)/t16?,17-/m1/s1. The van der Waals surface area contributed by atoms with E-state index >= 15 is 0 Å². The second kappa shape index (κ2) is 7.58. The number of benzene rings is 1. The van der Waals surface area contributed by atoms with Crippen molar-refractivity contribution in [3.05, 3.63) is 41.5 Å². The molecule has 138 valence electrons. The van der Waals surface area contributed by atoms with Gasteiger partial charge in [0.15, 0.2) is 5.79 Å². The summed E-state index contributed by atoms with van der Waals surface area (Å²) >= 11 is 0. The molecule has 0 aromatic heterocycles. The Morgan fingerprint density at radius 2 is 1.92 bits per heavy atom. The molecule has 5 heteroatoms. The zero-order chi connectivity index (χ0) is 18.7. The predicted molar refractivity (Wildman–Crippen MR) is 98.3 cm³/mol. The lowest BCUT2D eigenvalue weighted by atomic mass is 10.1. The van der Waals surface area contributed by atoms with E-state index in [0.29, 0.717) is 6.61 Å². The minimum absolute atomic E-state index is 0.308. The van der Waals surface area contributed by atoms with Crippen LogP contribution in [0.4, 0.5) is 4.79 Å². The Bertz CT molecular complexity index is 614. The SMILES string of the molecule is Cc1ccc(C=C[C@H]2OC(C)(C)OCC2NC(=O)OC(C)(C)C)cc1. The van der Waals surface area contributed by atoms with E-state index < -0.39 is 17.5 Å². The fourth-order valence-electron chi connectivity index (χ4n) is 2.47. The topological polar surface area (TPSA) is 56.8 Å². The van der Waals surface area contributed by atoms with Crippen LogP contribution < -0.4 is 5.32 Å². The summed E-state index contributed by atoms with van der Waals surface area (Å²) in [5.74, 6) is -0.700. The molecule has 0 saturated carbocycles. The third kappa shape index (κ3) is 6.52. The van der Waals surface area contributed by atoms with E-state index in [1.54, 1.807) is 0 Å². The van der Waals surface area contributed by atoms with Crippen molar-refractivity contribution in [2.24, 2.45) is 0 Å². The fourth-order valence-corrected chi connectivity index (χ4v) is 2.47. The summed E-state index contributed by atoms with van der Waals surface area (Å²) in [6, 6.07) is 7.90. The van der Waals surface area contributed by atoms with Crippen molar-refractivity contribution < 1.29 is 19.0 Å². The van der Waals surface area contributed by atoms with Crippen LogP contribution in [-0.4, -0.2) is 36.2 Å². The van der Waals surface area contributed by atoms with Gasteiger partial charge in [0, 0.05) is 0 Å². The highest BCUT2D eigenvalue weighted by Gasteiger charge is 2.36. The Kier molecular flexibility index (Phi) is 5.91. The zero-order valence-corrected chi connectivity index (χ0v) is 16.0. The monoisotopic (exact) mass is 347 g/mol. The van der Waals surface area contributed by atoms with Crippen molar-refractivity contribution in [1.82, 2.24) is 5.32 Å². The highest BCUT2D eigenvalue weighted by atomic mass is 16.7. The van der Waals surface area contributed by atoms with Crippen LogP contribution in [0.1, 0.15) is 45.7 Å². The molecule has 1 aromatic rings. The van der Waals surface area contributed by atoms with Crippen molar-refractivity contribution in [3.63, 3.8) is 0 Å². The van der Waals surface area contributed by atoms with Crippen LogP contribution in [0.15, 0.2) is 30.3 Å². The average Bonchev–Trinajstić information content (AvgIpc) is 2.47. The molecule has 0 spiro atoms. The molecule has 1 fully saturated rings. The minimum atomic E-state index is -0.700. The zero-order valence-electron chi connectivity index (χ0n) is 16.0. The number of nitrogens with one attached hydrogen (secondary N) is 1. The molecule has 1 heterocycles. The second-order valence-corrected chi connectivity index (χ2v) is 7.82. The Labute approximate surface area is 150 Å². The van der Waals surface area contributed by atoms with Crippen LogP contribution in [0.5, 0.6) is 0 Å². The summed E-state index contributed by atoms with van der Waals surface area (Å²) in [6.07, 6.45) is 3.17. The number of amides is 1. The number of hydrogen-bond donors (Lipinski definition) is 1. The lowest BCUT2D eigenvalue weighted by Crippen LogP contribution is -2.55. The summed E-state index contributed by atoms with van der Waals surface area (Å²) < 4.78 is 17.0. The van der Waals surface area contributed by atoms with E-state index in [1.807, 2.05) is 58.9 Å². The number of alkyl carbamates (subject to hydrolysis) is 1. The highest BCUT2D eigenvalue weighted by Crippen LogP contribution is 2.24. The maximum absolute atomic E-state index is 12.1. The van der Waals surface area contributed by atoms with Gasteiger partial charge in [-0.1, -0.05) is 42.0 Å². The quantitative estimate of drug-likeness (QED) is 0.896. The molecule has 1 unspecified atom stereocenters. The number of carbonyl (C=O) groups is 1. The predicted octanol–water partition coefficient (Wildman–Crippen LogP) is 4.05. The summed E-state index contributed by atoms with van der Waals surface area (Å²) in [7, 11) is 0. The Morgan fingerprint density at radius 1 is 1.28 bits per heavy atom. The number of rotatable bonds is 3. The van der Waals surface area contributed by atoms with E-state index in [1.165, 1.54) is 5.56 Å². The van der Waals surface area contributed by atoms with Crippen LogP contribution >= 0.6 is 0 Å². The molecule has 5 nitrogen and oxygen atoms in total. The van der Waals surface area contributed by atoms with Gasteiger partial charge < -0.3 is 19.5 Å². The molecule has 0 radical (unpaired) electrons. The maximum atomic E-state index is 12.1. The van der Waals surface area contributed by atoms with E-state index in [9.17, 15) is 4.79 Å². The first-order valence-electron chi connectivity index (χ1n) is 8.60. The Balaban J connectivity index is 2.08. The summed E-state index contributed by atoms with van der Waals surface area (Å²) in [4.78, 5) is 12.1. The van der Waals surface area contributed by atoms with Gasteiger partial charge in [0.2, 0.25) is 0 Å². The molecule has 1 aromatic carbocycles. The van der Waals surface area contributed by atoms with Gasteiger partial charge in [0.05, 0.1) is 12.6 Å². The molecule has 2 atom stereocenters. The van der Waals surface area contributed by atoms with Crippen molar-refractivity contribution in [2.75, 3.05) is 6.61 Å². The third-order valence-corrected chi connectivity index (χ3v) is 3.68. The maximum Gasteiger partial charge on any atom is 0.408 e. The van der Waals surface area contributed by atoms with Crippen LogP contribution in [0.25, 0.3) is 6.08 Å². The second-order valence-electron chi connectivity index (χ2n) is 7.82. The molecule has 1 aliphatic heterocycles. The first kappa shape index (κ1) is 19.5. The minimum Gasteiger partial charge on any atom is -0.444 e. The van der Waals surface area contributed by atoms with Crippen molar-refractivity contribution >= 4 is 12.2 Å². The molecule has 0 aliphatic carbocycles. The van der Waals surface area contributed by atoms with Gasteiger partial charge in [-0.2, -0.15) is 0 Å². The van der Waals surface area contributed by atoms with Crippen LogP contribution in [-0.2, 0) is 14.2 Å². The van der Waals surface area contributed by atoms with Crippen molar-refractivity contribution in [2.45, 2.75) is 65.1 Å². The van der Waals surface area contributed by atoms with Crippen LogP contribution in [0, 0.1) is 6.92 Å². The third-order valence-electron chi connectivity index (χ3n) is 3.68. The van der Waals surface area contributed by atoms with Gasteiger partial charge in [-0.25, -0.2) is 4.79 Å². The Morgan fingerprint density at radius 3 is 2.52 bits per heavy atom. The molecule has 1 N–H and O–H groups in total. The van der Waals surface area contributed by atoms with Crippen LogP contribution in [0.2, 0.25) is 0 Å². The van der Waals surface area contributed by atoms with Gasteiger partial charge in [0.1, 0.15) is 11.7 Å². The summed E-state index contributed by atoms with van der Waals surface area (Å²) in [5.41, 5.74) is 1.74. The number of hydrogen-bond acceptors (Lipinski definition) is 4. The van der Waals surface area contributed by atoms with Gasteiger partial charge in [0.25, 0.3) is 0 Å². The number of ether oxygens (including phenoxy) is 3. The molecule has 1 amide bonds. The average molecular weight is 347 g/mol. The number of aryl methyl sites for hydroxylation is 1. The molecule has 1 saturated heterocycles. The molecule has 25 heavy (non-hydrogen) atoms. The summed E-state index contributed by atoms with van der Waals surface area (Å²) in [5, 5.41) is 2.85. The largest absolute Gasteiger partial charge is 0.444 e.